The first-order valence-electron chi connectivity index (χ1n) is 6.26. The maximum atomic E-state index is 11.7. The molecule has 2 rings (SSSR count). The molecular formula is C12H17N5O3S. The summed E-state index contributed by atoms with van der Waals surface area (Å²) in [6, 6.07) is 5.06. The van der Waals surface area contributed by atoms with Crippen molar-refractivity contribution in [1.29, 1.82) is 0 Å². The number of nitrogens with zero attached hydrogens (tertiary/aromatic N) is 2. The molecule has 0 fully saturated rings. The van der Waals surface area contributed by atoms with Crippen LogP contribution in [0.5, 0.6) is 0 Å². The van der Waals surface area contributed by atoms with Gasteiger partial charge in [0.1, 0.15) is 0 Å². The summed E-state index contributed by atoms with van der Waals surface area (Å²) in [6.45, 7) is 0.349. The van der Waals surface area contributed by atoms with Gasteiger partial charge in [-0.25, -0.2) is 17.9 Å². The number of nitrogens with one attached hydrogen (secondary N) is 3. The number of hydrogen-bond donors (Lipinski definition) is 3. The second-order valence-electron chi connectivity index (χ2n) is 4.59. The van der Waals surface area contributed by atoms with Crippen LogP contribution in [0.2, 0.25) is 0 Å². The van der Waals surface area contributed by atoms with Crippen LogP contribution in [-0.4, -0.2) is 43.6 Å². The molecule has 21 heavy (non-hydrogen) atoms. The van der Waals surface area contributed by atoms with E-state index in [-0.39, 0.29) is 13.1 Å². The fraction of sp³-hybridized carbons (Fsp3) is 0.333. The second kappa shape index (κ2) is 6.10. The maximum absolute atomic E-state index is 11.7. The van der Waals surface area contributed by atoms with Crippen LogP contribution in [-0.2, 0) is 17.1 Å². The lowest BCUT2D eigenvalue weighted by Gasteiger charge is -2.08. The lowest BCUT2D eigenvalue weighted by molar-refractivity contribution is 0.252. The summed E-state index contributed by atoms with van der Waals surface area (Å²) in [5, 5.41) is 10.3. The van der Waals surface area contributed by atoms with Crippen LogP contribution < -0.4 is 15.4 Å². The molecule has 3 N–H and O–H groups in total. The number of aryl methyl sites for hydroxylation is 1. The number of aromatic nitrogens is 2. The van der Waals surface area contributed by atoms with Crippen molar-refractivity contribution in [2.75, 3.05) is 24.7 Å². The van der Waals surface area contributed by atoms with Gasteiger partial charge in [0.15, 0.2) is 0 Å². The van der Waals surface area contributed by atoms with Crippen molar-refractivity contribution in [3.63, 3.8) is 0 Å². The smallest absolute Gasteiger partial charge is 0.319 e. The Morgan fingerprint density at radius 2 is 2.10 bits per heavy atom. The number of hydrogen-bond acceptors (Lipinski definition) is 4. The van der Waals surface area contributed by atoms with Gasteiger partial charge >= 0.3 is 6.03 Å². The largest absolute Gasteiger partial charge is 0.337 e. The minimum absolute atomic E-state index is 0.147. The fourth-order valence-electron chi connectivity index (χ4n) is 1.83. The van der Waals surface area contributed by atoms with Crippen LogP contribution in [0.3, 0.4) is 0 Å². The molecule has 0 radical (unpaired) electrons. The van der Waals surface area contributed by atoms with E-state index in [1.165, 1.54) is 0 Å². The fourth-order valence-corrected chi connectivity index (χ4v) is 2.30. The molecule has 8 nitrogen and oxygen atoms in total. The molecule has 1 heterocycles. The monoisotopic (exact) mass is 311 g/mol. The van der Waals surface area contributed by atoms with Crippen LogP contribution in [0.4, 0.5) is 10.5 Å². The number of fused-ring (bicyclic) bond motifs is 1. The molecule has 0 saturated heterocycles. The van der Waals surface area contributed by atoms with Gasteiger partial charge in [-0.1, -0.05) is 0 Å². The summed E-state index contributed by atoms with van der Waals surface area (Å²) >= 11 is 0. The summed E-state index contributed by atoms with van der Waals surface area (Å²) in [4.78, 5) is 11.7. The van der Waals surface area contributed by atoms with Crippen molar-refractivity contribution in [2.24, 2.45) is 7.05 Å². The molecule has 0 unspecified atom stereocenters. The standard InChI is InChI=1S/C12H17N5O3S/c1-17-11-4-3-10(7-9(11)8-14-17)16-12(18)13-5-6-15-21(2,19)20/h3-4,7-8,15H,5-6H2,1-2H3,(H2,13,16,18). The highest BCUT2D eigenvalue weighted by Crippen LogP contribution is 2.17. The van der Waals surface area contributed by atoms with Crippen LogP contribution in [0, 0.1) is 0 Å². The number of carbonyl (C=O) groups is 1. The highest BCUT2D eigenvalue weighted by atomic mass is 32.2. The Kier molecular flexibility index (Phi) is 4.43. The van der Waals surface area contributed by atoms with E-state index < -0.39 is 16.1 Å². The Morgan fingerprint density at radius 3 is 2.81 bits per heavy atom. The summed E-state index contributed by atoms with van der Waals surface area (Å²) in [5.41, 5.74) is 1.61. The van der Waals surface area contributed by atoms with Gasteiger partial charge in [-0.2, -0.15) is 5.10 Å². The molecule has 0 atom stereocenters. The lowest BCUT2D eigenvalue weighted by atomic mass is 10.2. The zero-order valence-electron chi connectivity index (χ0n) is 11.8. The number of amides is 2. The van der Waals surface area contributed by atoms with E-state index in [0.717, 1.165) is 17.2 Å². The molecule has 1 aromatic carbocycles. The molecule has 0 saturated carbocycles. The number of sulfonamides is 1. The minimum atomic E-state index is -3.23. The van der Waals surface area contributed by atoms with Crippen molar-refractivity contribution in [3.05, 3.63) is 24.4 Å². The molecule has 0 aliphatic heterocycles. The topological polar surface area (TPSA) is 105 Å². The van der Waals surface area contributed by atoms with Crippen molar-refractivity contribution in [1.82, 2.24) is 19.8 Å². The van der Waals surface area contributed by atoms with Crippen molar-refractivity contribution in [3.8, 4) is 0 Å². The number of benzene rings is 1. The van der Waals surface area contributed by atoms with Gasteiger partial charge in [-0.3, -0.25) is 4.68 Å². The molecular weight excluding hydrogens is 294 g/mol. The van der Waals surface area contributed by atoms with Crippen molar-refractivity contribution < 1.29 is 13.2 Å². The molecule has 2 amide bonds. The molecule has 114 valence electrons. The van der Waals surface area contributed by atoms with Gasteiger partial charge in [0.25, 0.3) is 0 Å². The first-order valence-corrected chi connectivity index (χ1v) is 8.15. The van der Waals surface area contributed by atoms with E-state index in [0.29, 0.717) is 5.69 Å². The zero-order chi connectivity index (χ0) is 15.5. The Labute approximate surface area is 122 Å². The minimum Gasteiger partial charge on any atom is -0.337 e. The Hall–Kier alpha value is -2.13. The molecule has 2 aromatic rings. The van der Waals surface area contributed by atoms with E-state index in [2.05, 4.69) is 20.5 Å². The van der Waals surface area contributed by atoms with Crippen LogP contribution >= 0.6 is 0 Å². The summed E-state index contributed by atoms with van der Waals surface area (Å²) in [5.74, 6) is 0. The molecule has 9 heteroatoms. The van der Waals surface area contributed by atoms with Gasteiger partial charge in [0, 0.05) is 31.2 Å². The lowest BCUT2D eigenvalue weighted by Crippen LogP contribution is -2.36. The van der Waals surface area contributed by atoms with Crippen molar-refractivity contribution in [2.45, 2.75) is 0 Å². The second-order valence-corrected chi connectivity index (χ2v) is 6.42. The predicted molar refractivity (Wildman–Crippen MR) is 80.6 cm³/mol. The summed E-state index contributed by atoms with van der Waals surface area (Å²) < 4.78 is 25.7. The van der Waals surface area contributed by atoms with E-state index in [1.54, 1.807) is 16.9 Å². The van der Waals surface area contributed by atoms with Crippen LogP contribution in [0.1, 0.15) is 0 Å². The third kappa shape index (κ3) is 4.43. The van der Waals surface area contributed by atoms with Crippen molar-refractivity contribution >= 4 is 32.6 Å². The molecule has 1 aromatic heterocycles. The number of urea groups is 1. The number of rotatable bonds is 5. The molecule has 0 aliphatic rings. The van der Waals surface area contributed by atoms with Gasteiger partial charge in [0.05, 0.1) is 18.0 Å². The third-order valence-electron chi connectivity index (χ3n) is 2.78. The number of carbonyl (C=O) groups excluding carboxylic acids is 1. The normalized spacial score (nSPS) is 11.5. The first-order chi connectivity index (χ1) is 9.85. The first kappa shape index (κ1) is 15.3. The quantitative estimate of drug-likeness (QED) is 0.688. The molecule has 0 bridgehead atoms. The molecule has 0 aliphatic carbocycles. The van der Waals surface area contributed by atoms with Crippen LogP contribution in [0.25, 0.3) is 10.9 Å². The molecule has 0 spiro atoms. The van der Waals surface area contributed by atoms with Gasteiger partial charge in [-0.15, -0.1) is 0 Å². The zero-order valence-corrected chi connectivity index (χ0v) is 12.6. The highest BCUT2D eigenvalue weighted by molar-refractivity contribution is 7.88. The van der Waals surface area contributed by atoms with Crippen LogP contribution in [0.15, 0.2) is 24.4 Å². The summed E-state index contributed by atoms with van der Waals surface area (Å²) in [7, 11) is -1.39. The van der Waals surface area contributed by atoms with E-state index in [4.69, 9.17) is 0 Å². The van der Waals surface area contributed by atoms with E-state index in [1.807, 2.05) is 19.2 Å². The Bertz CT molecular complexity index is 753. The third-order valence-corrected chi connectivity index (χ3v) is 3.51. The maximum Gasteiger partial charge on any atom is 0.319 e. The predicted octanol–water partition coefficient (Wildman–Crippen LogP) is 0.244. The Morgan fingerprint density at radius 1 is 1.33 bits per heavy atom. The SMILES string of the molecule is Cn1ncc2cc(NC(=O)NCCNS(C)(=O)=O)ccc21. The van der Waals surface area contributed by atoms with E-state index in [9.17, 15) is 13.2 Å². The Balaban J connectivity index is 1.86. The number of anilines is 1. The highest BCUT2D eigenvalue weighted by Gasteiger charge is 2.05. The summed E-state index contributed by atoms with van der Waals surface area (Å²) in [6.07, 6.45) is 2.78. The van der Waals surface area contributed by atoms with Gasteiger partial charge in [-0.05, 0) is 18.2 Å². The van der Waals surface area contributed by atoms with Gasteiger partial charge < -0.3 is 10.6 Å². The average molecular weight is 311 g/mol. The van der Waals surface area contributed by atoms with Gasteiger partial charge in [0.2, 0.25) is 10.0 Å². The average Bonchev–Trinajstić information content (AvgIpc) is 2.75. The van der Waals surface area contributed by atoms with E-state index >= 15 is 0 Å².